The van der Waals surface area contributed by atoms with Gasteiger partial charge in [0.15, 0.2) is 5.43 Å². The topological polar surface area (TPSA) is 74.1 Å². The van der Waals surface area contributed by atoms with Gasteiger partial charge in [0.25, 0.3) is 0 Å². The molecular weight excluding hydrogens is 342 g/mol. The summed E-state index contributed by atoms with van der Waals surface area (Å²) in [6, 6.07) is 11.1. The zero-order chi connectivity index (χ0) is 19.0. The van der Waals surface area contributed by atoms with Gasteiger partial charge in [0, 0.05) is 48.3 Å². The quantitative estimate of drug-likeness (QED) is 0.525. The van der Waals surface area contributed by atoms with Gasteiger partial charge in [0.05, 0.1) is 11.7 Å². The van der Waals surface area contributed by atoms with Crippen LogP contribution in [0.3, 0.4) is 0 Å². The molecule has 2 aromatic heterocycles. The van der Waals surface area contributed by atoms with E-state index in [1.54, 1.807) is 23.1 Å². The lowest BCUT2D eigenvalue weighted by Crippen LogP contribution is -2.02. The number of carbonyl (C=O) groups excluding carboxylic acids is 1. The van der Waals surface area contributed by atoms with E-state index in [1.165, 1.54) is 6.92 Å². The van der Waals surface area contributed by atoms with Gasteiger partial charge in [-0.15, -0.1) is 0 Å². The van der Waals surface area contributed by atoms with Crippen molar-refractivity contribution in [3.63, 3.8) is 0 Å². The summed E-state index contributed by atoms with van der Waals surface area (Å²) in [5.41, 5.74) is 3.03. The Kier molecular flexibility index (Phi) is 4.16. The second-order valence-corrected chi connectivity index (χ2v) is 6.42. The monoisotopic (exact) mass is 359 g/mol. The molecule has 0 aliphatic carbocycles. The number of rotatable bonds is 3. The Labute approximate surface area is 155 Å². The Bertz CT molecular complexity index is 1240. The minimum atomic E-state index is -0.355. The van der Waals surface area contributed by atoms with Gasteiger partial charge in [-0.3, -0.25) is 19.3 Å². The molecule has 6 heteroatoms. The molecule has 0 atom stereocenters. The molecule has 0 fully saturated rings. The van der Waals surface area contributed by atoms with E-state index in [1.807, 2.05) is 43.6 Å². The molecule has 2 heterocycles. The molecule has 0 saturated carbocycles. The van der Waals surface area contributed by atoms with E-state index >= 15 is 0 Å². The van der Waals surface area contributed by atoms with Crippen molar-refractivity contribution in [1.82, 2.24) is 14.8 Å². The summed E-state index contributed by atoms with van der Waals surface area (Å²) in [5.74, 6) is -0.355. The zero-order valence-electron chi connectivity index (χ0n) is 15.0. The summed E-state index contributed by atoms with van der Waals surface area (Å²) in [4.78, 5) is 28.7. The number of aryl methyl sites for hydroxylation is 1. The van der Waals surface area contributed by atoms with Crippen molar-refractivity contribution in [3.8, 4) is 11.1 Å². The molecule has 0 radical (unpaired) electrons. The molecule has 0 saturated heterocycles. The molecule has 0 bridgehead atoms. The van der Waals surface area contributed by atoms with Crippen molar-refractivity contribution in [2.45, 2.75) is 13.5 Å². The lowest BCUT2D eigenvalue weighted by Gasteiger charge is -2.02. The van der Waals surface area contributed by atoms with E-state index < -0.39 is 0 Å². The first-order valence-electron chi connectivity index (χ1n) is 8.49. The Morgan fingerprint density at radius 3 is 2.63 bits per heavy atom. The fourth-order valence-electron chi connectivity index (χ4n) is 3.05. The van der Waals surface area contributed by atoms with Gasteiger partial charge in [0.1, 0.15) is 6.61 Å². The van der Waals surface area contributed by atoms with Crippen LogP contribution in [0.1, 0.15) is 12.5 Å². The molecule has 0 N–H and O–H groups in total. The SMILES string of the molecule is CC(=O)OCc1ccc2ccc3ncc(-c4cnn(C)c4)cc3c(=O)c2c1. The Morgan fingerprint density at radius 2 is 1.89 bits per heavy atom. The number of benzene rings is 1. The lowest BCUT2D eigenvalue weighted by molar-refractivity contribution is -0.142. The normalized spacial score (nSPS) is 11.0. The maximum atomic E-state index is 13.2. The molecule has 0 unspecified atom stereocenters. The van der Waals surface area contributed by atoms with Crippen LogP contribution >= 0.6 is 0 Å². The third-order valence-corrected chi connectivity index (χ3v) is 4.43. The fraction of sp³-hybridized carbons (Fsp3) is 0.143. The third-order valence-electron chi connectivity index (χ3n) is 4.43. The number of esters is 1. The van der Waals surface area contributed by atoms with Crippen LogP contribution in [0.5, 0.6) is 0 Å². The van der Waals surface area contributed by atoms with Crippen LogP contribution in [0.2, 0.25) is 0 Å². The van der Waals surface area contributed by atoms with E-state index in [-0.39, 0.29) is 18.0 Å². The minimum Gasteiger partial charge on any atom is -0.461 e. The molecule has 27 heavy (non-hydrogen) atoms. The average Bonchev–Trinajstić information content (AvgIpc) is 3.05. The number of aromatic nitrogens is 3. The maximum Gasteiger partial charge on any atom is 0.302 e. The van der Waals surface area contributed by atoms with Crippen LogP contribution < -0.4 is 5.43 Å². The smallest absolute Gasteiger partial charge is 0.302 e. The maximum absolute atomic E-state index is 13.2. The van der Waals surface area contributed by atoms with Crippen molar-refractivity contribution < 1.29 is 9.53 Å². The van der Waals surface area contributed by atoms with Gasteiger partial charge in [-0.1, -0.05) is 18.2 Å². The average molecular weight is 359 g/mol. The van der Waals surface area contributed by atoms with E-state index in [2.05, 4.69) is 10.1 Å². The largest absolute Gasteiger partial charge is 0.461 e. The molecule has 0 amide bonds. The molecular formula is C21H17N3O3. The summed E-state index contributed by atoms with van der Waals surface area (Å²) in [7, 11) is 1.84. The molecule has 0 aliphatic rings. The highest BCUT2D eigenvalue weighted by Gasteiger charge is 2.08. The highest BCUT2D eigenvalue weighted by atomic mass is 16.5. The number of hydrogen-bond donors (Lipinski definition) is 0. The van der Waals surface area contributed by atoms with Crippen molar-refractivity contribution in [3.05, 3.63) is 70.8 Å². The molecule has 6 nitrogen and oxygen atoms in total. The molecule has 4 aromatic rings. The van der Waals surface area contributed by atoms with Gasteiger partial charge in [-0.25, -0.2) is 0 Å². The number of ether oxygens (including phenoxy) is 1. The van der Waals surface area contributed by atoms with Crippen molar-refractivity contribution >= 4 is 27.6 Å². The number of nitrogens with zero attached hydrogens (tertiary/aromatic N) is 3. The second kappa shape index (κ2) is 6.64. The van der Waals surface area contributed by atoms with Crippen molar-refractivity contribution in [2.24, 2.45) is 7.05 Å². The Balaban J connectivity index is 1.92. The summed E-state index contributed by atoms with van der Waals surface area (Å²) in [5, 5.41) is 6.09. The Hall–Kier alpha value is -3.54. The van der Waals surface area contributed by atoms with Crippen LogP contribution in [0, 0.1) is 0 Å². The van der Waals surface area contributed by atoms with Gasteiger partial charge in [-0.2, -0.15) is 5.10 Å². The predicted octanol–water partition coefficient (Wildman–Crippen LogP) is 3.21. The van der Waals surface area contributed by atoms with E-state index in [9.17, 15) is 9.59 Å². The fourth-order valence-corrected chi connectivity index (χ4v) is 3.05. The molecule has 0 aliphatic heterocycles. The van der Waals surface area contributed by atoms with E-state index in [0.717, 1.165) is 22.1 Å². The first-order valence-corrected chi connectivity index (χ1v) is 8.49. The second-order valence-electron chi connectivity index (χ2n) is 6.42. The van der Waals surface area contributed by atoms with Gasteiger partial charge < -0.3 is 4.74 Å². The highest BCUT2D eigenvalue weighted by Crippen LogP contribution is 2.22. The highest BCUT2D eigenvalue weighted by molar-refractivity contribution is 5.93. The zero-order valence-corrected chi connectivity index (χ0v) is 15.0. The van der Waals surface area contributed by atoms with Crippen molar-refractivity contribution in [1.29, 1.82) is 0 Å². The van der Waals surface area contributed by atoms with Crippen LogP contribution in [-0.2, 0) is 23.2 Å². The molecule has 4 rings (SSSR count). The van der Waals surface area contributed by atoms with Crippen molar-refractivity contribution in [2.75, 3.05) is 0 Å². The molecule has 134 valence electrons. The summed E-state index contributed by atoms with van der Waals surface area (Å²) < 4.78 is 6.75. The van der Waals surface area contributed by atoms with E-state index in [0.29, 0.717) is 16.3 Å². The van der Waals surface area contributed by atoms with Gasteiger partial charge in [0.2, 0.25) is 0 Å². The first-order chi connectivity index (χ1) is 13.0. The third kappa shape index (κ3) is 3.29. The number of pyridine rings is 1. The number of fused-ring (bicyclic) bond motifs is 2. The van der Waals surface area contributed by atoms with E-state index in [4.69, 9.17) is 4.74 Å². The first kappa shape index (κ1) is 16.9. The summed E-state index contributed by atoms with van der Waals surface area (Å²) in [6.45, 7) is 1.50. The van der Waals surface area contributed by atoms with Crippen LogP contribution in [0.15, 0.2) is 59.8 Å². The van der Waals surface area contributed by atoms with Crippen LogP contribution in [0.4, 0.5) is 0 Å². The van der Waals surface area contributed by atoms with Crippen LogP contribution in [-0.4, -0.2) is 20.7 Å². The predicted molar refractivity (Wildman–Crippen MR) is 103 cm³/mol. The van der Waals surface area contributed by atoms with Gasteiger partial charge >= 0.3 is 5.97 Å². The minimum absolute atomic E-state index is 0.104. The standard InChI is InChI=1S/C21H17N3O3/c1-13(25)27-12-14-3-4-15-5-6-20-19(21(26)18(15)7-14)8-16(9-22-20)17-10-23-24(2)11-17/h3-11H,12H2,1-2H3. The Morgan fingerprint density at radius 1 is 1.07 bits per heavy atom. The number of carbonyl (C=O) groups is 1. The number of hydrogen-bond acceptors (Lipinski definition) is 5. The lowest BCUT2D eigenvalue weighted by atomic mass is 10.1. The summed E-state index contributed by atoms with van der Waals surface area (Å²) in [6.07, 6.45) is 5.37. The molecule has 2 aromatic carbocycles. The van der Waals surface area contributed by atoms with Gasteiger partial charge in [-0.05, 0) is 29.1 Å². The summed E-state index contributed by atoms with van der Waals surface area (Å²) >= 11 is 0. The molecule has 0 spiro atoms. The van der Waals surface area contributed by atoms with Crippen LogP contribution in [0.25, 0.3) is 32.8 Å².